The van der Waals surface area contributed by atoms with Crippen molar-refractivity contribution < 1.29 is 19.1 Å². The molecule has 0 heterocycles. The van der Waals surface area contributed by atoms with E-state index in [1.807, 2.05) is 30.3 Å². The van der Waals surface area contributed by atoms with Crippen LogP contribution < -0.4 is 20.1 Å². The predicted octanol–water partition coefficient (Wildman–Crippen LogP) is 3.95. The van der Waals surface area contributed by atoms with Crippen molar-refractivity contribution in [3.63, 3.8) is 0 Å². The first-order valence-corrected chi connectivity index (χ1v) is 10.5. The average Bonchev–Trinajstić information content (AvgIpc) is 2.80. The highest BCUT2D eigenvalue weighted by molar-refractivity contribution is 5.98. The molecule has 6 heteroatoms. The molecule has 2 amide bonds. The summed E-state index contributed by atoms with van der Waals surface area (Å²) >= 11 is 0. The van der Waals surface area contributed by atoms with Crippen molar-refractivity contribution in [3.05, 3.63) is 54.1 Å². The van der Waals surface area contributed by atoms with E-state index in [4.69, 9.17) is 9.47 Å². The Bertz CT molecular complexity index is 848. The topological polar surface area (TPSA) is 76.7 Å². The predicted molar refractivity (Wildman–Crippen MR) is 117 cm³/mol. The molecule has 2 aromatic carbocycles. The Labute approximate surface area is 178 Å². The van der Waals surface area contributed by atoms with Crippen LogP contribution in [0, 0.1) is 5.92 Å². The fraction of sp³-hybridized carbons (Fsp3) is 0.417. The SMILES string of the molecule is COc1ccc(NC(=O)[C@@H](Cc2ccccc2)NC(=O)C2CCCCC2)c(OC)c1. The Morgan fingerprint density at radius 2 is 1.73 bits per heavy atom. The van der Waals surface area contributed by atoms with Crippen molar-refractivity contribution in [2.24, 2.45) is 5.92 Å². The highest BCUT2D eigenvalue weighted by atomic mass is 16.5. The highest BCUT2D eigenvalue weighted by Gasteiger charge is 2.27. The van der Waals surface area contributed by atoms with Gasteiger partial charge >= 0.3 is 0 Å². The molecular weight excluding hydrogens is 380 g/mol. The molecule has 2 aromatic rings. The Morgan fingerprint density at radius 1 is 1.00 bits per heavy atom. The van der Waals surface area contributed by atoms with Gasteiger partial charge in [-0.05, 0) is 30.5 Å². The van der Waals surface area contributed by atoms with E-state index in [0.717, 1.165) is 31.2 Å². The van der Waals surface area contributed by atoms with Crippen molar-refractivity contribution in [2.75, 3.05) is 19.5 Å². The Morgan fingerprint density at radius 3 is 2.40 bits per heavy atom. The quantitative estimate of drug-likeness (QED) is 0.691. The van der Waals surface area contributed by atoms with Crippen LogP contribution in [-0.4, -0.2) is 32.1 Å². The average molecular weight is 411 g/mol. The van der Waals surface area contributed by atoms with E-state index in [0.29, 0.717) is 23.6 Å². The third-order valence-corrected chi connectivity index (χ3v) is 5.56. The zero-order chi connectivity index (χ0) is 21.3. The highest BCUT2D eigenvalue weighted by Crippen LogP contribution is 2.29. The second-order valence-electron chi connectivity index (χ2n) is 7.64. The number of carbonyl (C=O) groups is 2. The van der Waals surface area contributed by atoms with Crippen LogP contribution >= 0.6 is 0 Å². The van der Waals surface area contributed by atoms with Gasteiger partial charge < -0.3 is 20.1 Å². The van der Waals surface area contributed by atoms with Crippen LogP contribution in [0.15, 0.2) is 48.5 Å². The van der Waals surface area contributed by atoms with Gasteiger partial charge in [0.05, 0.1) is 19.9 Å². The number of hydrogen-bond acceptors (Lipinski definition) is 4. The molecule has 1 fully saturated rings. The third kappa shape index (κ3) is 5.75. The second kappa shape index (κ2) is 10.7. The Balaban J connectivity index is 1.76. The van der Waals surface area contributed by atoms with Crippen LogP contribution in [0.4, 0.5) is 5.69 Å². The lowest BCUT2D eigenvalue weighted by atomic mass is 9.88. The number of amides is 2. The first-order chi connectivity index (χ1) is 14.6. The number of nitrogens with one attached hydrogen (secondary N) is 2. The van der Waals surface area contributed by atoms with Gasteiger partial charge in [-0.3, -0.25) is 9.59 Å². The van der Waals surface area contributed by atoms with Crippen molar-refractivity contribution in [1.29, 1.82) is 0 Å². The van der Waals surface area contributed by atoms with Crippen LogP contribution in [0.2, 0.25) is 0 Å². The van der Waals surface area contributed by atoms with E-state index in [2.05, 4.69) is 10.6 Å². The fourth-order valence-corrected chi connectivity index (χ4v) is 3.84. The number of ether oxygens (including phenoxy) is 2. The zero-order valence-electron chi connectivity index (χ0n) is 17.6. The van der Waals surface area contributed by atoms with Crippen LogP contribution in [0.5, 0.6) is 11.5 Å². The molecule has 160 valence electrons. The van der Waals surface area contributed by atoms with Crippen LogP contribution in [-0.2, 0) is 16.0 Å². The fourth-order valence-electron chi connectivity index (χ4n) is 3.84. The summed E-state index contributed by atoms with van der Waals surface area (Å²) in [5, 5.41) is 5.91. The van der Waals surface area contributed by atoms with Gasteiger partial charge in [0, 0.05) is 18.4 Å². The summed E-state index contributed by atoms with van der Waals surface area (Å²) in [6.45, 7) is 0. The molecule has 0 unspecified atom stereocenters. The summed E-state index contributed by atoms with van der Waals surface area (Å²) in [6, 6.07) is 14.2. The van der Waals surface area contributed by atoms with Gasteiger partial charge in [0.25, 0.3) is 0 Å². The minimum absolute atomic E-state index is 0.0136. The first kappa shape index (κ1) is 21.7. The van der Waals surface area contributed by atoms with Crippen molar-refractivity contribution in [3.8, 4) is 11.5 Å². The van der Waals surface area contributed by atoms with Crippen molar-refractivity contribution in [1.82, 2.24) is 5.32 Å². The monoisotopic (exact) mass is 410 g/mol. The second-order valence-corrected chi connectivity index (χ2v) is 7.64. The molecule has 1 atom stereocenters. The number of benzene rings is 2. The molecule has 0 aliphatic heterocycles. The van der Waals surface area contributed by atoms with Crippen LogP contribution in [0.25, 0.3) is 0 Å². The van der Waals surface area contributed by atoms with Gasteiger partial charge in [-0.15, -0.1) is 0 Å². The van der Waals surface area contributed by atoms with Gasteiger partial charge in [-0.1, -0.05) is 49.6 Å². The maximum absolute atomic E-state index is 13.1. The van der Waals surface area contributed by atoms with Gasteiger partial charge in [-0.25, -0.2) is 0 Å². The molecule has 3 rings (SSSR count). The van der Waals surface area contributed by atoms with Gasteiger partial charge in [0.1, 0.15) is 17.5 Å². The summed E-state index contributed by atoms with van der Waals surface area (Å²) in [7, 11) is 3.11. The number of methoxy groups -OCH3 is 2. The van der Waals surface area contributed by atoms with E-state index < -0.39 is 6.04 Å². The van der Waals surface area contributed by atoms with E-state index in [9.17, 15) is 9.59 Å². The lowest BCUT2D eigenvalue weighted by Crippen LogP contribution is -2.47. The van der Waals surface area contributed by atoms with Crippen molar-refractivity contribution in [2.45, 2.75) is 44.6 Å². The summed E-state index contributed by atoms with van der Waals surface area (Å²) in [5.74, 6) is 0.815. The Hall–Kier alpha value is -3.02. The van der Waals surface area contributed by atoms with Crippen molar-refractivity contribution >= 4 is 17.5 Å². The Kier molecular flexibility index (Phi) is 7.71. The molecule has 0 aromatic heterocycles. The molecule has 0 saturated heterocycles. The summed E-state index contributed by atoms with van der Waals surface area (Å²) < 4.78 is 10.6. The molecule has 1 saturated carbocycles. The molecule has 1 aliphatic carbocycles. The lowest BCUT2D eigenvalue weighted by molar-refractivity contribution is -0.130. The third-order valence-electron chi connectivity index (χ3n) is 5.56. The summed E-state index contributed by atoms with van der Waals surface area (Å²) in [4.78, 5) is 26.0. The van der Waals surface area contributed by atoms with Gasteiger partial charge in [-0.2, -0.15) is 0 Å². The normalized spacial score (nSPS) is 15.1. The molecule has 0 radical (unpaired) electrons. The first-order valence-electron chi connectivity index (χ1n) is 10.5. The van der Waals surface area contributed by atoms with Crippen LogP contribution in [0.1, 0.15) is 37.7 Å². The number of hydrogen-bond donors (Lipinski definition) is 2. The van der Waals surface area contributed by atoms with Gasteiger partial charge in [0.2, 0.25) is 11.8 Å². The largest absolute Gasteiger partial charge is 0.497 e. The smallest absolute Gasteiger partial charge is 0.247 e. The molecule has 1 aliphatic rings. The molecule has 0 spiro atoms. The van der Waals surface area contributed by atoms with Gasteiger partial charge in [0.15, 0.2) is 0 Å². The minimum atomic E-state index is -0.673. The molecular formula is C24H30N2O4. The number of rotatable bonds is 8. The summed E-state index contributed by atoms with van der Waals surface area (Å²) in [6.07, 6.45) is 5.50. The van der Waals surface area contributed by atoms with Crippen LogP contribution in [0.3, 0.4) is 0 Å². The number of carbonyl (C=O) groups excluding carboxylic acids is 2. The minimum Gasteiger partial charge on any atom is -0.497 e. The summed E-state index contributed by atoms with van der Waals surface area (Å²) in [5.41, 5.74) is 1.52. The molecule has 30 heavy (non-hydrogen) atoms. The maximum Gasteiger partial charge on any atom is 0.247 e. The molecule has 0 bridgehead atoms. The zero-order valence-corrected chi connectivity index (χ0v) is 17.6. The number of anilines is 1. The lowest BCUT2D eigenvalue weighted by Gasteiger charge is -2.25. The van der Waals surface area contributed by atoms with E-state index in [1.54, 1.807) is 25.3 Å². The molecule has 2 N–H and O–H groups in total. The van der Waals surface area contributed by atoms with E-state index in [1.165, 1.54) is 13.5 Å². The standard InChI is InChI=1S/C24H30N2O4/c1-29-19-13-14-20(22(16-19)30-2)25-24(28)21(15-17-9-5-3-6-10-17)26-23(27)18-11-7-4-8-12-18/h3,5-6,9-10,13-14,16,18,21H,4,7-8,11-12,15H2,1-2H3,(H,25,28)(H,26,27)/t21-/m1/s1. The van der Waals surface area contributed by atoms with E-state index >= 15 is 0 Å². The maximum atomic E-state index is 13.1. The van der Waals surface area contributed by atoms with E-state index in [-0.39, 0.29) is 17.7 Å². The molecule has 6 nitrogen and oxygen atoms in total.